The van der Waals surface area contributed by atoms with Gasteiger partial charge in [-0.05, 0) is 12.1 Å². The molecule has 2 N–H and O–H groups in total. The highest BCUT2D eigenvalue weighted by molar-refractivity contribution is 7.90. The number of carbonyl (C=O) groups is 1. The molecule has 0 aliphatic carbocycles. The lowest BCUT2D eigenvalue weighted by Gasteiger charge is -2.02. The van der Waals surface area contributed by atoms with E-state index in [4.69, 9.17) is 10.2 Å². The zero-order valence-corrected chi connectivity index (χ0v) is 10.1. The van der Waals surface area contributed by atoms with Crippen LogP contribution in [-0.4, -0.2) is 30.8 Å². The molecule has 2 rings (SSSR count). The highest BCUT2D eigenvalue weighted by Gasteiger charge is 2.19. The van der Waals surface area contributed by atoms with Gasteiger partial charge in [-0.15, -0.1) is 10.2 Å². The van der Waals surface area contributed by atoms with Crippen molar-refractivity contribution in [2.45, 2.75) is 4.90 Å². The quantitative estimate of drug-likeness (QED) is 0.851. The largest absolute Gasteiger partial charge is 0.412 e. The fourth-order valence-electron chi connectivity index (χ4n) is 1.40. The molecule has 0 aliphatic heterocycles. The number of nitrogens with two attached hydrogens (primary N) is 1. The third kappa shape index (κ3) is 2.23. The van der Waals surface area contributed by atoms with E-state index < -0.39 is 15.7 Å². The van der Waals surface area contributed by atoms with E-state index in [2.05, 4.69) is 10.2 Å². The van der Waals surface area contributed by atoms with E-state index >= 15 is 0 Å². The summed E-state index contributed by atoms with van der Waals surface area (Å²) in [6, 6.07) is 6.12. The van der Waals surface area contributed by atoms with E-state index in [0.29, 0.717) is 0 Å². The van der Waals surface area contributed by atoms with Crippen LogP contribution in [0.4, 0.5) is 0 Å². The second-order valence-corrected chi connectivity index (χ2v) is 5.53. The smallest absolute Gasteiger partial charge is 0.306 e. The molecule has 0 unspecified atom stereocenters. The number of nitrogens with zero attached hydrogens (tertiary/aromatic N) is 2. The minimum absolute atomic E-state index is 0.0460. The summed E-state index contributed by atoms with van der Waals surface area (Å²) in [5.74, 6) is -1.30. The Morgan fingerprint density at radius 1 is 1.28 bits per heavy atom. The molecule has 0 bridgehead atoms. The number of hydrogen-bond acceptors (Lipinski definition) is 6. The van der Waals surface area contributed by atoms with Crippen LogP contribution in [0.3, 0.4) is 0 Å². The van der Waals surface area contributed by atoms with Crippen molar-refractivity contribution >= 4 is 15.7 Å². The third-order valence-corrected chi connectivity index (χ3v) is 3.31. The van der Waals surface area contributed by atoms with Crippen molar-refractivity contribution in [1.82, 2.24) is 10.2 Å². The van der Waals surface area contributed by atoms with Crippen molar-refractivity contribution < 1.29 is 17.6 Å². The molecule has 0 saturated heterocycles. The van der Waals surface area contributed by atoms with Crippen molar-refractivity contribution in [3.05, 3.63) is 30.2 Å². The Kier molecular flexibility index (Phi) is 2.87. The van der Waals surface area contributed by atoms with E-state index in [-0.39, 0.29) is 22.2 Å². The third-order valence-electron chi connectivity index (χ3n) is 2.15. The molecule has 0 spiro atoms. The summed E-state index contributed by atoms with van der Waals surface area (Å²) in [6.45, 7) is 0. The maximum Gasteiger partial charge on any atom is 0.306 e. The Labute approximate surface area is 103 Å². The van der Waals surface area contributed by atoms with Gasteiger partial charge in [0.15, 0.2) is 9.84 Å². The molecular weight excluding hydrogens is 258 g/mol. The Balaban J connectivity index is 2.61. The Morgan fingerprint density at radius 2 is 1.94 bits per heavy atom. The van der Waals surface area contributed by atoms with Crippen LogP contribution in [-0.2, 0) is 9.84 Å². The van der Waals surface area contributed by atoms with E-state index in [0.717, 1.165) is 6.26 Å². The average molecular weight is 267 g/mol. The minimum atomic E-state index is -3.44. The summed E-state index contributed by atoms with van der Waals surface area (Å²) in [5, 5.41) is 7.03. The van der Waals surface area contributed by atoms with Crippen LogP contribution >= 0.6 is 0 Å². The standard InChI is InChI=1S/C10H9N3O4S/c1-18(15,16)7-5-3-2-4-6(7)9-12-13-10(17-9)8(11)14/h2-5H,1H3,(H2,11,14). The molecule has 7 nitrogen and oxygen atoms in total. The molecule has 2 aromatic rings. The number of sulfone groups is 1. The highest BCUT2D eigenvalue weighted by Crippen LogP contribution is 2.25. The van der Waals surface area contributed by atoms with Gasteiger partial charge in [-0.3, -0.25) is 4.79 Å². The van der Waals surface area contributed by atoms with Crippen LogP contribution in [0.2, 0.25) is 0 Å². The van der Waals surface area contributed by atoms with Crippen LogP contribution in [0, 0.1) is 0 Å². The number of amides is 1. The molecule has 1 heterocycles. The van der Waals surface area contributed by atoms with Gasteiger partial charge in [0.25, 0.3) is 0 Å². The van der Waals surface area contributed by atoms with E-state index in [1.165, 1.54) is 12.1 Å². The summed E-state index contributed by atoms with van der Waals surface area (Å²) < 4.78 is 28.2. The maximum absolute atomic E-state index is 11.6. The predicted molar refractivity (Wildman–Crippen MR) is 61.4 cm³/mol. The fraction of sp³-hybridized carbons (Fsp3) is 0.100. The minimum Gasteiger partial charge on any atom is -0.412 e. The number of carbonyl (C=O) groups excluding carboxylic acids is 1. The number of primary amides is 1. The zero-order chi connectivity index (χ0) is 13.3. The first-order valence-corrected chi connectivity index (χ1v) is 6.71. The van der Waals surface area contributed by atoms with Gasteiger partial charge in [0, 0.05) is 6.26 Å². The van der Waals surface area contributed by atoms with E-state index in [9.17, 15) is 13.2 Å². The van der Waals surface area contributed by atoms with Gasteiger partial charge in [-0.2, -0.15) is 0 Å². The van der Waals surface area contributed by atoms with Gasteiger partial charge in [-0.25, -0.2) is 8.42 Å². The van der Waals surface area contributed by atoms with Crippen LogP contribution in [0.25, 0.3) is 11.5 Å². The predicted octanol–water partition coefficient (Wildman–Crippen LogP) is 0.239. The Hall–Kier alpha value is -2.22. The van der Waals surface area contributed by atoms with Crippen LogP contribution in [0.1, 0.15) is 10.7 Å². The number of aromatic nitrogens is 2. The second kappa shape index (κ2) is 4.22. The monoisotopic (exact) mass is 267 g/mol. The molecule has 0 aliphatic rings. The molecule has 18 heavy (non-hydrogen) atoms. The maximum atomic E-state index is 11.6. The lowest BCUT2D eigenvalue weighted by atomic mass is 10.2. The van der Waals surface area contributed by atoms with Crippen molar-refractivity contribution in [2.75, 3.05) is 6.26 Å². The van der Waals surface area contributed by atoms with Crippen LogP contribution < -0.4 is 5.73 Å². The lowest BCUT2D eigenvalue weighted by molar-refractivity contribution is 0.0968. The summed E-state index contributed by atoms with van der Waals surface area (Å²) in [4.78, 5) is 10.9. The van der Waals surface area contributed by atoms with Crippen molar-refractivity contribution in [3.8, 4) is 11.5 Å². The summed E-state index contributed by atoms with van der Waals surface area (Å²) in [7, 11) is -3.44. The summed E-state index contributed by atoms with van der Waals surface area (Å²) >= 11 is 0. The Bertz CT molecular complexity index is 705. The molecule has 1 aromatic heterocycles. The lowest BCUT2D eigenvalue weighted by Crippen LogP contribution is -2.10. The summed E-state index contributed by atoms with van der Waals surface area (Å²) in [5.41, 5.74) is 5.21. The SMILES string of the molecule is CS(=O)(=O)c1ccccc1-c1nnc(C(N)=O)o1. The molecule has 0 saturated carbocycles. The molecule has 1 amide bonds. The van der Waals surface area contributed by atoms with Gasteiger partial charge < -0.3 is 10.2 Å². The van der Waals surface area contributed by atoms with Gasteiger partial charge in [0.1, 0.15) is 0 Å². The number of rotatable bonds is 3. The Morgan fingerprint density at radius 3 is 2.50 bits per heavy atom. The van der Waals surface area contributed by atoms with Gasteiger partial charge in [0.05, 0.1) is 10.5 Å². The van der Waals surface area contributed by atoms with Crippen molar-refractivity contribution in [1.29, 1.82) is 0 Å². The first-order chi connectivity index (χ1) is 8.39. The molecule has 0 atom stereocenters. The van der Waals surface area contributed by atoms with Crippen LogP contribution in [0.15, 0.2) is 33.6 Å². The fourth-order valence-corrected chi connectivity index (χ4v) is 2.28. The molecular formula is C10H9N3O4S. The number of hydrogen-bond donors (Lipinski definition) is 1. The highest BCUT2D eigenvalue weighted by atomic mass is 32.2. The first-order valence-electron chi connectivity index (χ1n) is 4.82. The second-order valence-electron chi connectivity index (χ2n) is 3.54. The van der Waals surface area contributed by atoms with E-state index in [1.54, 1.807) is 12.1 Å². The number of benzene rings is 1. The molecule has 1 aromatic carbocycles. The van der Waals surface area contributed by atoms with E-state index in [1.807, 2.05) is 0 Å². The van der Waals surface area contributed by atoms with Crippen LogP contribution in [0.5, 0.6) is 0 Å². The molecule has 8 heteroatoms. The van der Waals surface area contributed by atoms with Crippen molar-refractivity contribution in [3.63, 3.8) is 0 Å². The summed E-state index contributed by atoms with van der Waals surface area (Å²) in [6.07, 6.45) is 1.07. The molecule has 0 radical (unpaired) electrons. The molecule has 0 fully saturated rings. The van der Waals surface area contributed by atoms with Crippen molar-refractivity contribution in [2.24, 2.45) is 5.73 Å². The van der Waals surface area contributed by atoms with Gasteiger partial charge >= 0.3 is 11.8 Å². The molecule has 94 valence electrons. The zero-order valence-electron chi connectivity index (χ0n) is 9.32. The topological polar surface area (TPSA) is 116 Å². The van der Waals surface area contributed by atoms with Gasteiger partial charge in [-0.1, -0.05) is 12.1 Å². The average Bonchev–Trinajstić information content (AvgIpc) is 2.77. The first kappa shape index (κ1) is 12.2. The normalized spacial score (nSPS) is 11.4. The van der Waals surface area contributed by atoms with Gasteiger partial charge in [0.2, 0.25) is 5.89 Å².